The molecule has 1 N–H and O–H groups in total. The fourth-order valence-corrected chi connectivity index (χ4v) is 3.42. The van der Waals surface area contributed by atoms with Gasteiger partial charge in [0.1, 0.15) is 17.2 Å². The summed E-state index contributed by atoms with van der Waals surface area (Å²) in [6.45, 7) is 2.43. The highest BCUT2D eigenvalue weighted by Gasteiger charge is 2.13. The van der Waals surface area contributed by atoms with Crippen LogP contribution in [0.5, 0.6) is 17.2 Å². The first-order chi connectivity index (χ1) is 15.6. The zero-order valence-electron chi connectivity index (χ0n) is 18.2. The third-order valence-corrected chi connectivity index (χ3v) is 5.05. The van der Waals surface area contributed by atoms with E-state index in [-0.39, 0.29) is 5.91 Å². The second-order valence-electron chi connectivity index (χ2n) is 7.09. The fourth-order valence-electron chi connectivity index (χ4n) is 3.42. The molecule has 1 aromatic heterocycles. The molecule has 32 heavy (non-hydrogen) atoms. The first-order valence-corrected chi connectivity index (χ1v) is 10.3. The third kappa shape index (κ3) is 4.49. The quantitative estimate of drug-likeness (QED) is 0.417. The Kier molecular flexibility index (Phi) is 6.22. The van der Waals surface area contributed by atoms with Crippen molar-refractivity contribution in [2.75, 3.05) is 26.1 Å². The molecular formula is C26H24N2O4. The number of nitrogens with one attached hydrogen (secondary N) is 1. The Hall–Kier alpha value is -4.06. The molecule has 162 valence electrons. The summed E-state index contributed by atoms with van der Waals surface area (Å²) in [7, 11) is 3.24. The van der Waals surface area contributed by atoms with Crippen LogP contribution in [0.4, 0.5) is 5.69 Å². The van der Waals surface area contributed by atoms with Gasteiger partial charge in [-0.3, -0.25) is 4.79 Å². The van der Waals surface area contributed by atoms with E-state index >= 15 is 0 Å². The molecule has 6 nitrogen and oxygen atoms in total. The van der Waals surface area contributed by atoms with Gasteiger partial charge in [-0.25, -0.2) is 4.98 Å². The lowest BCUT2D eigenvalue weighted by Gasteiger charge is -2.12. The molecule has 0 atom stereocenters. The summed E-state index contributed by atoms with van der Waals surface area (Å²) >= 11 is 0. The monoisotopic (exact) mass is 428 g/mol. The van der Waals surface area contributed by atoms with Gasteiger partial charge < -0.3 is 19.5 Å². The van der Waals surface area contributed by atoms with Gasteiger partial charge in [0, 0.05) is 28.3 Å². The Labute approximate surface area is 186 Å². The molecule has 0 bridgehead atoms. The zero-order valence-corrected chi connectivity index (χ0v) is 18.2. The molecule has 4 rings (SSSR count). The van der Waals surface area contributed by atoms with Crippen molar-refractivity contribution in [3.8, 4) is 28.5 Å². The van der Waals surface area contributed by atoms with E-state index in [9.17, 15) is 4.79 Å². The molecule has 6 heteroatoms. The minimum absolute atomic E-state index is 0.212. The lowest BCUT2D eigenvalue weighted by atomic mass is 10.1. The molecule has 1 heterocycles. The number of anilines is 1. The van der Waals surface area contributed by atoms with Crippen molar-refractivity contribution >= 4 is 22.5 Å². The van der Waals surface area contributed by atoms with Gasteiger partial charge in [-0.05, 0) is 61.5 Å². The van der Waals surface area contributed by atoms with Crippen molar-refractivity contribution in [2.45, 2.75) is 6.92 Å². The van der Waals surface area contributed by atoms with E-state index in [1.165, 1.54) is 0 Å². The summed E-state index contributed by atoms with van der Waals surface area (Å²) in [5.41, 5.74) is 3.65. The van der Waals surface area contributed by atoms with Gasteiger partial charge in [0.15, 0.2) is 0 Å². The fraction of sp³-hybridized carbons (Fsp3) is 0.154. The number of hydrogen-bond acceptors (Lipinski definition) is 5. The summed E-state index contributed by atoms with van der Waals surface area (Å²) in [6, 6.07) is 22.2. The Morgan fingerprint density at radius 1 is 0.906 bits per heavy atom. The molecule has 0 aliphatic heterocycles. The zero-order chi connectivity index (χ0) is 22.5. The molecule has 0 unspecified atom stereocenters. The van der Waals surface area contributed by atoms with Crippen LogP contribution in [0.2, 0.25) is 0 Å². The molecule has 0 aliphatic rings. The van der Waals surface area contributed by atoms with Gasteiger partial charge in [0.25, 0.3) is 5.91 Å². The number of rotatable bonds is 7. The number of nitrogens with zero attached hydrogens (tertiary/aromatic N) is 1. The number of aromatic nitrogens is 1. The van der Waals surface area contributed by atoms with E-state index in [1.807, 2.05) is 49.4 Å². The number of methoxy groups -OCH3 is 2. The first kappa shape index (κ1) is 21.2. The number of carbonyl (C=O) groups is 1. The van der Waals surface area contributed by atoms with Crippen LogP contribution in [0, 0.1) is 0 Å². The van der Waals surface area contributed by atoms with Crippen LogP contribution in [0.3, 0.4) is 0 Å². The number of amides is 1. The van der Waals surface area contributed by atoms with Gasteiger partial charge in [-0.2, -0.15) is 0 Å². The number of pyridine rings is 1. The number of ether oxygens (including phenoxy) is 3. The van der Waals surface area contributed by atoms with E-state index in [4.69, 9.17) is 19.2 Å². The number of fused-ring (bicyclic) bond motifs is 1. The topological polar surface area (TPSA) is 69.7 Å². The Morgan fingerprint density at radius 2 is 1.69 bits per heavy atom. The molecule has 0 aliphatic carbocycles. The van der Waals surface area contributed by atoms with Gasteiger partial charge in [0.2, 0.25) is 0 Å². The maximum Gasteiger partial charge on any atom is 0.255 e. The van der Waals surface area contributed by atoms with Crippen LogP contribution < -0.4 is 19.5 Å². The van der Waals surface area contributed by atoms with E-state index < -0.39 is 0 Å². The average molecular weight is 428 g/mol. The van der Waals surface area contributed by atoms with Crippen LogP contribution in [-0.4, -0.2) is 31.7 Å². The van der Waals surface area contributed by atoms with Crippen molar-refractivity contribution in [3.63, 3.8) is 0 Å². The third-order valence-electron chi connectivity index (χ3n) is 5.05. The molecule has 0 fully saturated rings. The minimum atomic E-state index is -0.212. The van der Waals surface area contributed by atoms with E-state index in [0.29, 0.717) is 23.6 Å². The highest BCUT2D eigenvalue weighted by molar-refractivity contribution is 6.07. The van der Waals surface area contributed by atoms with E-state index in [0.717, 1.165) is 33.7 Å². The van der Waals surface area contributed by atoms with Crippen LogP contribution in [0.1, 0.15) is 17.3 Å². The average Bonchev–Trinajstić information content (AvgIpc) is 2.84. The summed E-state index contributed by atoms with van der Waals surface area (Å²) in [5, 5.41) is 3.68. The van der Waals surface area contributed by atoms with E-state index in [2.05, 4.69) is 5.32 Å². The van der Waals surface area contributed by atoms with Gasteiger partial charge >= 0.3 is 0 Å². The molecule has 4 aromatic rings. The van der Waals surface area contributed by atoms with Gasteiger partial charge in [-0.15, -0.1) is 0 Å². The second-order valence-corrected chi connectivity index (χ2v) is 7.09. The molecule has 0 saturated heterocycles. The summed E-state index contributed by atoms with van der Waals surface area (Å²) in [6.07, 6.45) is 0. The van der Waals surface area contributed by atoms with Crippen molar-refractivity contribution < 1.29 is 19.0 Å². The lowest BCUT2D eigenvalue weighted by Crippen LogP contribution is -2.11. The molecule has 0 radical (unpaired) electrons. The molecule has 1 amide bonds. The highest BCUT2D eigenvalue weighted by Crippen LogP contribution is 2.32. The van der Waals surface area contributed by atoms with Crippen molar-refractivity contribution in [3.05, 3.63) is 78.4 Å². The maximum absolute atomic E-state index is 12.8. The standard InChI is InChI=1S/C26H24N2O4/c1-4-32-25-16-24(17-6-5-7-21(14-17)31-3)28-23-13-8-18(15-22(23)25)26(29)27-19-9-11-20(30-2)12-10-19/h5-16H,4H2,1-3H3,(H,27,29). The predicted molar refractivity (Wildman–Crippen MR) is 126 cm³/mol. The van der Waals surface area contributed by atoms with E-state index in [1.54, 1.807) is 44.6 Å². The SMILES string of the molecule is CCOc1cc(-c2cccc(OC)c2)nc2ccc(C(=O)Nc3ccc(OC)cc3)cc12. The smallest absolute Gasteiger partial charge is 0.255 e. The van der Waals surface area contributed by atoms with Crippen molar-refractivity contribution in [1.29, 1.82) is 0 Å². The predicted octanol–water partition coefficient (Wildman–Crippen LogP) is 5.57. The first-order valence-electron chi connectivity index (χ1n) is 10.3. The molecule has 0 saturated carbocycles. The Bertz CT molecular complexity index is 1250. The summed E-state index contributed by atoms with van der Waals surface area (Å²) in [5.74, 6) is 1.95. The molecular weight excluding hydrogens is 404 g/mol. The molecule has 3 aromatic carbocycles. The maximum atomic E-state index is 12.8. The van der Waals surface area contributed by atoms with Crippen LogP contribution in [0.15, 0.2) is 72.8 Å². The lowest BCUT2D eigenvalue weighted by molar-refractivity contribution is 0.102. The second kappa shape index (κ2) is 9.39. The Balaban J connectivity index is 1.69. The Morgan fingerprint density at radius 3 is 2.41 bits per heavy atom. The van der Waals surface area contributed by atoms with Crippen LogP contribution in [-0.2, 0) is 0 Å². The summed E-state index contributed by atoms with van der Waals surface area (Å²) in [4.78, 5) is 17.6. The summed E-state index contributed by atoms with van der Waals surface area (Å²) < 4.78 is 16.4. The number of carbonyl (C=O) groups excluding carboxylic acids is 1. The van der Waals surface area contributed by atoms with Gasteiger partial charge in [0.05, 0.1) is 32.0 Å². The molecule has 0 spiro atoms. The largest absolute Gasteiger partial charge is 0.497 e. The number of hydrogen-bond donors (Lipinski definition) is 1. The van der Waals surface area contributed by atoms with Crippen LogP contribution in [0.25, 0.3) is 22.2 Å². The van der Waals surface area contributed by atoms with Crippen molar-refractivity contribution in [2.24, 2.45) is 0 Å². The van der Waals surface area contributed by atoms with Gasteiger partial charge in [-0.1, -0.05) is 12.1 Å². The van der Waals surface area contributed by atoms with Crippen molar-refractivity contribution in [1.82, 2.24) is 4.98 Å². The number of benzene rings is 3. The minimum Gasteiger partial charge on any atom is -0.497 e. The van der Waals surface area contributed by atoms with Crippen LogP contribution >= 0.6 is 0 Å². The highest BCUT2D eigenvalue weighted by atomic mass is 16.5. The normalized spacial score (nSPS) is 10.6.